The Morgan fingerprint density at radius 3 is 2.57 bits per heavy atom. The number of benzene rings is 1. The molecule has 1 amide bonds. The molecular formula is C18H25N5O3S2. The molecule has 0 unspecified atom stereocenters. The molecule has 3 rings (SSSR count). The third kappa shape index (κ3) is 5.06. The Kier molecular flexibility index (Phi) is 6.63. The number of aromatic nitrogens is 3. The van der Waals surface area contributed by atoms with E-state index in [0.717, 1.165) is 11.4 Å². The van der Waals surface area contributed by atoms with Crippen LogP contribution in [0.2, 0.25) is 0 Å². The topological polar surface area (TPSA) is 100 Å². The second kappa shape index (κ2) is 8.97. The summed E-state index contributed by atoms with van der Waals surface area (Å²) in [5.74, 6) is 0.589. The number of piperidine rings is 1. The van der Waals surface area contributed by atoms with E-state index < -0.39 is 10.0 Å². The van der Waals surface area contributed by atoms with Crippen molar-refractivity contribution in [2.24, 2.45) is 13.0 Å². The number of nitrogens with zero attached hydrogens (tertiary/aromatic N) is 3. The average Bonchev–Trinajstić information content (AvgIpc) is 3.01. The molecule has 0 bridgehead atoms. The lowest BCUT2D eigenvalue weighted by molar-refractivity contribution is -0.126. The summed E-state index contributed by atoms with van der Waals surface area (Å²) in [6.07, 6.45) is 1.65. The number of rotatable bonds is 7. The molecule has 8 nitrogen and oxygen atoms in total. The van der Waals surface area contributed by atoms with Crippen molar-refractivity contribution in [3.05, 3.63) is 46.5 Å². The minimum atomic E-state index is -3.36. The third-order valence-corrected chi connectivity index (χ3v) is 7.25. The highest BCUT2D eigenvalue weighted by molar-refractivity contribution is 7.88. The van der Waals surface area contributed by atoms with Gasteiger partial charge in [-0.25, -0.2) is 12.7 Å². The predicted octanol–water partition coefficient (Wildman–Crippen LogP) is 1.38. The second-order valence-corrected chi connectivity index (χ2v) is 9.32. The highest BCUT2D eigenvalue weighted by Crippen LogP contribution is 2.21. The molecule has 10 heteroatoms. The molecule has 2 aromatic rings. The minimum Gasteiger partial charge on any atom is -0.355 e. The van der Waals surface area contributed by atoms with Crippen molar-refractivity contribution in [2.75, 3.05) is 19.6 Å². The number of carbonyl (C=O) groups excluding carboxylic acids is 1. The Morgan fingerprint density at radius 2 is 1.96 bits per heavy atom. The van der Waals surface area contributed by atoms with E-state index in [1.807, 2.05) is 37.4 Å². The van der Waals surface area contributed by atoms with Gasteiger partial charge in [-0.1, -0.05) is 30.3 Å². The summed E-state index contributed by atoms with van der Waals surface area (Å²) in [6.45, 7) is 1.22. The first-order valence-corrected chi connectivity index (χ1v) is 11.3. The maximum Gasteiger partial charge on any atom is 0.223 e. The zero-order valence-electron chi connectivity index (χ0n) is 15.8. The van der Waals surface area contributed by atoms with Crippen LogP contribution in [-0.4, -0.2) is 53.0 Å². The van der Waals surface area contributed by atoms with E-state index >= 15 is 0 Å². The van der Waals surface area contributed by atoms with Crippen LogP contribution in [0.4, 0.5) is 0 Å². The van der Waals surface area contributed by atoms with Gasteiger partial charge in [-0.3, -0.25) is 9.89 Å². The molecule has 1 saturated heterocycles. The summed E-state index contributed by atoms with van der Waals surface area (Å²) in [6, 6.07) is 9.15. The van der Waals surface area contributed by atoms with E-state index in [1.54, 1.807) is 4.57 Å². The van der Waals surface area contributed by atoms with Gasteiger partial charge in [-0.2, -0.15) is 5.10 Å². The molecule has 1 fully saturated rings. The molecule has 2 heterocycles. The summed E-state index contributed by atoms with van der Waals surface area (Å²) in [7, 11) is -1.54. The van der Waals surface area contributed by atoms with Crippen LogP contribution in [0.5, 0.6) is 0 Å². The number of hydrogen-bond acceptors (Lipinski definition) is 5. The summed E-state index contributed by atoms with van der Waals surface area (Å²) in [5.41, 5.74) is 0.774. The number of nitrogens with one attached hydrogen (secondary N) is 2. The Labute approximate surface area is 170 Å². The van der Waals surface area contributed by atoms with Crippen molar-refractivity contribution in [1.82, 2.24) is 24.4 Å². The number of sulfonamides is 1. The maximum absolute atomic E-state index is 12.6. The molecule has 28 heavy (non-hydrogen) atoms. The quantitative estimate of drug-likeness (QED) is 0.656. The number of hydrogen-bond donors (Lipinski definition) is 2. The first kappa shape index (κ1) is 20.7. The van der Waals surface area contributed by atoms with Gasteiger partial charge >= 0.3 is 0 Å². The highest BCUT2D eigenvalue weighted by atomic mass is 32.2. The molecule has 2 N–H and O–H groups in total. The monoisotopic (exact) mass is 423 g/mol. The van der Waals surface area contributed by atoms with E-state index in [0.29, 0.717) is 43.7 Å². The maximum atomic E-state index is 12.6. The fourth-order valence-electron chi connectivity index (χ4n) is 3.32. The van der Waals surface area contributed by atoms with Gasteiger partial charge < -0.3 is 9.88 Å². The van der Waals surface area contributed by atoms with Crippen molar-refractivity contribution < 1.29 is 13.2 Å². The van der Waals surface area contributed by atoms with Crippen LogP contribution < -0.4 is 5.32 Å². The van der Waals surface area contributed by atoms with E-state index in [9.17, 15) is 13.2 Å². The third-order valence-electron chi connectivity index (χ3n) is 5.03. The molecule has 0 atom stereocenters. The number of carbonyl (C=O) groups is 1. The lowest BCUT2D eigenvalue weighted by Crippen LogP contribution is -2.43. The van der Waals surface area contributed by atoms with Crippen LogP contribution >= 0.6 is 12.2 Å². The molecule has 1 aromatic carbocycles. The van der Waals surface area contributed by atoms with Gasteiger partial charge in [0.15, 0.2) is 4.77 Å². The van der Waals surface area contributed by atoms with Crippen LogP contribution in [0, 0.1) is 10.7 Å². The van der Waals surface area contributed by atoms with Gasteiger partial charge in [0.25, 0.3) is 0 Å². The van der Waals surface area contributed by atoms with Crippen molar-refractivity contribution >= 4 is 28.1 Å². The smallest absolute Gasteiger partial charge is 0.223 e. The van der Waals surface area contributed by atoms with Gasteiger partial charge in [0.1, 0.15) is 5.82 Å². The van der Waals surface area contributed by atoms with E-state index in [4.69, 9.17) is 12.2 Å². The molecule has 0 saturated carbocycles. The standard InChI is InChI=1S/C18H25N5O3S2/c1-22-16(20-21-18(22)27)7-10-19-17(24)15-8-11-23(12-9-15)28(25,26)13-14-5-3-2-4-6-14/h2-6,15H,7-13H2,1H3,(H,19,24)(H,21,27). The predicted molar refractivity (Wildman–Crippen MR) is 108 cm³/mol. The van der Waals surface area contributed by atoms with Crippen LogP contribution in [0.3, 0.4) is 0 Å². The zero-order valence-corrected chi connectivity index (χ0v) is 17.4. The molecule has 0 radical (unpaired) electrons. The molecular weight excluding hydrogens is 398 g/mol. The Balaban J connectivity index is 1.46. The first-order valence-electron chi connectivity index (χ1n) is 9.26. The Bertz CT molecular complexity index is 961. The van der Waals surface area contributed by atoms with Crippen LogP contribution in [-0.2, 0) is 34.0 Å². The average molecular weight is 424 g/mol. The van der Waals surface area contributed by atoms with Crippen molar-refractivity contribution in [1.29, 1.82) is 0 Å². The fraction of sp³-hybridized carbons (Fsp3) is 0.500. The van der Waals surface area contributed by atoms with Crippen LogP contribution in [0.15, 0.2) is 30.3 Å². The van der Waals surface area contributed by atoms with E-state index in [1.165, 1.54) is 4.31 Å². The van der Waals surface area contributed by atoms with Gasteiger partial charge in [0.2, 0.25) is 15.9 Å². The summed E-state index contributed by atoms with van der Waals surface area (Å²) >= 11 is 5.06. The largest absolute Gasteiger partial charge is 0.355 e. The van der Waals surface area contributed by atoms with Gasteiger partial charge in [-0.05, 0) is 30.6 Å². The Morgan fingerprint density at radius 1 is 1.29 bits per heavy atom. The number of aromatic amines is 1. The molecule has 152 valence electrons. The SMILES string of the molecule is Cn1c(CCNC(=O)C2CCN(S(=O)(=O)Cc3ccccc3)CC2)n[nH]c1=S. The minimum absolute atomic E-state index is 0.00374. The Hall–Kier alpha value is -2.04. The molecule has 1 aliphatic rings. The van der Waals surface area contributed by atoms with Gasteiger partial charge in [-0.15, -0.1) is 0 Å². The number of H-pyrrole nitrogens is 1. The molecule has 0 aliphatic carbocycles. The fourth-order valence-corrected chi connectivity index (χ4v) is 5.03. The highest BCUT2D eigenvalue weighted by Gasteiger charge is 2.31. The first-order chi connectivity index (χ1) is 13.4. The van der Waals surface area contributed by atoms with Crippen LogP contribution in [0.1, 0.15) is 24.2 Å². The van der Waals surface area contributed by atoms with Gasteiger partial charge in [0, 0.05) is 39.0 Å². The zero-order chi connectivity index (χ0) is 20.1. The van der Waals surface area contributed by atoms with E-state index in [-0.39, 0.29) is 17.6 Å². The van der Waals surface area contributed by atoms with Crippen LogP contribution in [0.25, 0.3) is 0 Å². The molecule has 1 aromatic heterocycles. The van der Waals surface area contributed by atoms with Crippen molar-refractivity contribution in [3.8, 4) is 0 Å². The summed E-state index contributed by atoms with van der Waals surface area (Å²) < 4.78 is 29.0. The van der Waals surface area contributed by atoms with Crippen molar-refractivity contribution in [3.63, 3.8) is 0 Å². The number of amides is 1. The van der Waals surface area contributed by atoms with Crippen molar-refractivity contribution in [2.45, 2.75) is 25.0 Å². The molecule has 1 aliphatic heterocycles. The summed E-state index contributed by atoms with van der Waals surface area (Å²) in [4.78, 5) is 12.4. The lowest BCUT2D eigenvalue weighted by atomic mass is 9.97. The lowest BCUT2D eigenvalue weighted by Gasteiger charge is -2.30. The van der Waals surface area contributed by atoms with E-state index in [2.05, 4.69) is 15.5 Å². The van der Waals surface area contributed by atoms with Gasteiger partial charge in [0.05, 0.1) is 5.75 Å². The second-order valence-electron chi connectivity index (χ2n) is 6.96. The normalized spacial score (nSPS) is 16.2. The molecule has 0 spiro atoms. The summed E-state index contributed by atoms with van der Waals surface area (Å²) in [5, 5.41) is 9.76.